The standard InChI is InChI=1S/C11H13FN2O3/c1-11(2,10(16)17)6-14-9(15)7-3-4-13-5-8(7)12/h3-5H,6H2,1-2H3,(H,14,15)(H,16,17). The molecule has 0 aliphatic carbocycles. The summed E-state index contributed by atoms with van der Waals surface area (Å²) >= 11 is 0. The molecule has 0 saturated heterocycles. The minimum atomic E-state index is -1.10. The highest BCUT2D eigenvalue weighted by atomic mass is 19.1. The molecule has 0 aromatic carbocycles. The van der Waals surface area contributed by atoms with Crippen LogP contribution in [-0.2, 0) is 4.79 Å². The number of rotatable bonds is 4. The van der Waals surface area contributed by atoms with Crippen molar-refractivity contribution in [2.45, 2.75) is 13.8 Å². The van der Waals surface area contributed by atoms with Gasteiger partial charge < -0.3 is 10.4 Å². The molecule has 0 atom stereocenters. The van der Waals surface area contributed by atoms with Crippen LogP contribution in [0.5, 0.6) is 0 Å². The molecule has 1 aromatic heterocycles. The van der Waals surface area contributed by atoms with Crippen molar-refractivity contribution in [1.82, 2.24) is 10.3 Å². The summed E-state index contributed by atoms with van der Waals surface area (Å²) in [5.41, 5.74) is -1.25. The van der Waals surface area contributed by atoms with Crippen molar-refractivity contribution in [2.75, 3.05) is 6.54 Å². The molecule has 2 N–H and O–H groups in total. The Morgan fingerprint density at radius 1 is 1.53 bits per heavy atom. The molecule has 6 heteroatoms. The number of pyridine rings is 1. The second-order valence-electron chi connectivity index (χ2n) is 4.23. The van der Waals surface area contributed by atoms with Gasteiger partial charge in [-0.25, -0.2) is 4.39 Å². The Bertz CT molecular complexity index is 446. The Kier molecular flexibility index (Phi) is 3.77. The minimum Gasteiger partial charge on any atom is -0.481 e. The van der Waals surface area contributed by atoms with Crippen molar-refractivity contribution < 1.29 is 19.1 Å². The third kappa shape index (κ3) is 3.24. The number of hydrogen-bond donors (Lipinski definition) is 2. The molecule has 1 amide bonds. The Labute approximate surface area is 97.7 Å². The lowest BCUT2D eigenvalue weighted by Crippen LogP contribution is -2.39. The Hall–Kier alpha value is -1.98. The summed E-state index contributed by atoms with van der Waals surface area (Å²) in [6.45, 7) is 2.86. The number of halogens is 1. The largest absolute Gasteiger partial charge is 0.481 e. The molecule has 0 bridgehead atoms. The second-order valence-corrected chi connectivity index (χ2v) is 4.23. The van der Waals surface area contributed by atoms with Gasteiger partial charge in [0.05, 0.1) is 17.2 Å². The molecule has 0 aliphatic heterocycles. The highest BCUT2D eigenvalue weighted by Crippen LogP contribution is 2.13. The van der Waals surface area contributed by atoms with Gasteiger partial charge >= 0.3 is 5.97 Å². The number of carboxylic acid groups (broad SMARTS) is 1. The molecule has 1 heterocycles. The van der Waals surface area contributed by atoms with Gasteiger partial charge in [0.2, 0.25) is 0 Å². The van der Waals surface area contributed by atoms with Crippen LogP contribution in [0.25, 0.3) is 0 Å². The Balaban J connectivity index is 2.69. The van der Waals surface area contributed by atoms with Crippen molar-refractivity contribution in [3.8, 4) is 0 Å². The van der Waals surface area contributed by atoms with E-state index in [4.69, 9.17) is 5.11 Å². The topological polar surface area (TPSA) is 79.3 Å². The van der Waals surface area contributed by atoms with Gasteiger partial charge in [-0.05, 0) is 19.9 Å². The molecule has 0 radical (unpaired) electrons. The van der Waals surface area contributed by atoms with E-state index >= 15 is 0 Å². The Morgan fingerprint density at radius 2 is 2.18 bits per heavy atom. The zero-order valence-corrected chi connectivity index (χ0v) is 9.53. The highest BCUT2D eigenvalue weighted by molar-refractivity contribution is 5.94. The van der Waals surface area contributed by atoms with E-state index in [1.165, 1.54) is 26.1 Å². The van der Waals surface area contributed by atoms with Crippen LogP contribution in [0.15, 0.2) is 18.5 Å². The second kappa shape index (κ2) is 4.90. The number of aliphatic carboxylic acids is 1. The molecule has 1 rings (SSSR count). The van der Waals surface area contributed by atoms with Crippen LogP contribution < -0.4 is 5.32 Å². The number of aromatic nitrogens is 1. The average Bonchev–Trinajstić information content (AvgIpc) is 2.26. The lowest BCUT2D eigenvalue weighted by Gasteiger charge is -2.19. The quantitative estimate of drug-likeness (QED) is 0.824. The van der Waals surface area contributed by atoms with Crippen molar-refractivity contribution in [3.05, 3.63) is 29.8 Å². The number of nitrogens with one attached hydrogen (secondary N) is 1. The van der Waals surface area contributed by atoms with E-state index in [0.717, 1.165) is 6.20 Å². The summed E-state index contributed by atoms with van der Waals surface area (Å²) in [5, 5.41) is 11.2. The van der Waals surface area contributed by atoms with Crippen LogP contribution in [0, 0.1) is 11.2 Å². The third-order valence-electron chi connectivity index (χ3n) is 2.29. The Morgan fingerprint density at radius 3 is 2.71 bits per heavy atom. The van der Waals surface area contributed by atoms with E-state index in [9.17, 15) is 14.0 Å². The highest BCUT2D eigenvalue weighted by Gasteiger charge is 2.28. The summed E-state index contributed by atoms with van der Waals surface area (Å²) in [6, 6.07) is 1.23. The lowest BCUT2D eigenvalue weighted by molar-refractivity contribution is -0.146. The maximum Gasteiger partial charge on any atom is 0.310 e. The summed E-state index contributed by atoms with van der Waals surface area (Å²) in [4.78, 5) is 25.9. The van der Waals surface area contributed by atoms with Gasteiger partial charge in [0, 0.05) is 12.7 Å². The predicted octanol–water partition coefficient (Wildman–Crippen LogP) is 1.06. The maximum absolute atomic E-state index is 13.2. The minimum absolute atomic E-state index is 0.0804. The van der Waals surface area contributed by atoms with Crippen molar-refractivity contribution in [1.29, 1.82) is 0 Å². The van der Waals surface area contributed by atoms with Crippen molar-refractivity contribution in [2.24, 2.45) is 5.41 Å². The molecule has 0 unspecified atom stereocenters. The van der Waals surface area contributed by atoms with Crippen LogP contribution in [0.3, 0.4) is 0 Å². The van der Waals surface area contributed by atoms with Gasteiger partial charge in [0.1, 0.15) is 0 Å². The van der Waals surface area contributed by atoms with Crippen LogP contribution in [0.1, 0.15) is 24.2 Å². The summed E-state index contributed by atoms with van der Waals surface area (Å²) in [7, 11) is 0. The van der Waals surface area contributed by atoms with Crippen molar-refractivity contribution in [3.63, 3.8) is 0 Å². The fraction of sp³-hybridized carbons (Fsp3) is 0.364. The van der Waals surface area contributed by atoms with E-state index < -0.39 is 23.1 Å². The first-order valence-corrected chi connectivity index (χ1v) is 4.96. The monoisotopic (exact) mass is 240 g/mol. The van der Waals surface area contributed by atoms with E-state index in [2.05, 4.69) is 10.3 Å². The van der Waals surface area contributed by atoms with Gasteiger partial charge in [-0.2, -0.15) is 0 Å². The van der Waals surface area contributed by atoms with E-state index in [1.807, 2.05) is 0 Å². The van der Waals surface area contributed by atoms with E-state index in [1.54, 1.807) is 0 Å². The smallest absolute Gasteiger partial charge is 0.310 e. The first kappa shape index (κ1) is 13.1. The van der Waals surface area contributed by atoms with Gasteiger partial charge in [-0.1, -0.05) is 0 Å². The molecule has 0 saturated carbocycles. The SMILES string of the molecule is CC(C)(CNC(=O)c1ccncc1F)C(=O)O. The fourth-order valence-corrected chi connectivity index (χ4v) is 1.03. The molecule has 0 spiro atoms. The maximum atomic E-state index is 13.2. The molecule has 1 aromatic rings. The summed E-state index contributed by atoms with van der Waals surface area (Å²) in [5.74, 6) is -2.43. The van der Waals surface area contributed by atoms with Gasteiger partial charge in [0.25, 0.3) is 5.91 Å². The predicted molar refractivity (Wildman–Crippen MR) is 57.9 cm³/mol. The fourth-order valence-electron chi connectivity index (χ4n) is 1.03. The molecule has 0 fully saturated rings. The number of carboxylic acids is 1. The van der Waals surface area contributed by atoms with Crippen LogP contribution in [-0.4, -0.2) is 28.5 Å². The molecule has 92 valence electrons. The summed E-state index contributed by atoms with van der Waals surface area (Å²) in [6.07, 6.45) is 2.22. The third-order valence-corrected chi connectivity index (χ3v) is 2.29. The number of nitrogens with zero attached hydrogens (tertiary/aromatic N) is 1. The van der Waals surface area contributed by atoms with E-state index in [-0.39, 0.29) is 12.1 Å². The first-order chi connectivity index (χ1) is 7.84. The van der Waals surface area contributed by atoms with Crippen LogP contribution in [0.2, 0.25) is 0 Å². The molecule has 17 heavy (non-hydrogen) atoms. The number of hydrogen-bond acceptors (Lipinski definition) is 3. The molecular formula is C11H13FN2O3. The first-order valence-electron chi connectivity index (χ1n) is 4.96. The number of carbonyl (C=O) groups is 2. The van der Waals surface area contributed by atoms with Gasteiger partial charge in [-0.15, -0.1) is 0 Å². The van der Waals surface area contributed by atoms with Crippen LogP contribution >= 0.6 is 0 Å². The zero-order chi connectivity index (χ0) is 13.1. The average molecular weight is 240 g/mol. The molecular weight excluding hydrogens is 227 g/mol. The molecule has 0 aliphatic rings. The van der Waals surface area contributed by atoms with Gasteiger partial charge in [0.15, 0.2) is 5.82 Å². The number of carbonyl (C=O) groups excluding carboxylic acids is 1. The zero-order valence-electron chi connectivity index (χ0n) is 9.53. The normalized spacial score (nSPS) is 11.0. The number of amides is 1. The molecule has 5 nitrogen and oxygen atoms in total. The van der Waals surface area contributed by atoms with Crippen molar-refractivity contribution >= 4 is 11.9 Å². The summed E-state index contributed by atoms with van der Waals surface area (Å²) < 4.78 is 13.2. The van der Waals surface area contributed by atoms with Crippen LogP contribution in [0.4, 0.5) is 4.39 Å². The van der Waals surface area contributed by atoms with Gasteiger partial charge in [-0.3, -0.25) is 14.6 Å². The lowest BCUT2D eigenvalue weighted by atomic mass is 9.94. The van der Waals surface area contributed by atoms with E-state index in [0.29, 0.717) is 0 Å².